The highest BCUT2D eigenvalue weighted by molar-refractivity contribution is 6.00. The second kappa shape index (κ2) is 40.3. The third-order valence-corrected chi connectivity index (χ3v) is 11.9. The first-order chi connectivity index (χ1) is 32.4. The van der Waals surface area contributed by atoms with Crippen LogP contribution in [0.25, 0.3) is 0 Å². The fourth-order valence-electron chi connectivity index (χ4n) is 7.70. The molecule has 0 aliphatic carbocycles. The van der Waals surface area contributed by atoms with Gasteiger partial charge in [-0.25, -0.2) is 0 Å². The van der Waals surface area contributed by atoms with E-state index in [4.69, 9.17) is 28.4 Å². The summed E-state index contributed by atoms with van der Waals surface area (Å²) in [7, 11) is 0. The van der Waals surface area contributed by atoms with Gasteiger partial charge < -0.3 is 28.4 Å². The molecule has 10 heteroatoms. The Morgan fingerprint density at radius 1 is 0.303 bits per heavy atom. The van der Waals surface area contributed by atoms with E-state index in [-0.39, 0.29) is 0 Å². The van der Waals surface area contributed by atoms with Crippen LogP contribution in [0, 0.1) is 0 Å². The van der Waals surface area contributed by atoms with Gasteiger partial charge >= 0.3 is 0 Å². The Morgan fingerprint density at radius 3 is 0.712 bits per heavy atom. The highest BCUT2D eigenvalue weighted by Crippen LogP contribution is 2.41. The lowest BCUT2D eigenvalue weighted by atomic mass is 10.1. The lowest BCUT2D eigenvalue weighted by Crippen LogP contribution is -2.41. The number of carbonyl (C=O) groups is 2. The summed E-state index contributed by atoms with van der Waals surface area (Å²) in [5, 5.41) is 0. The zero-order chi connectivity index (χ0) is 47.7. The highest BCUT2D eigenvalue weighted by Gasteiger charge is 2.22. The maximum Gasteiger partial charge on any atom is 0.269 e. The zero-order valence-corrected chi connectivity index (χ0v) is 43.0. The Labute approximate surface area is 403 Å². The summed E-state index contributed by atoms with van der Waals surface area (Å²) in [6.07, 6.45) is 33.1. The molecule has 0 aliphatic rings. The van der Waals surface area contributed by atoms with Crippen molar-refractivity contribution in [3.8, 4) is 34.5 Å². The van der Waals surface area contributed by atoms with E-state index >= 15 is 0 Å². The number of benzene rings is 2. The molecule has 0 spiro atoms. The largest absolute Gasteiger partial charge is 0.490 e. The first-order valence-electron chi connectivity index (χ1n) is 27.2. The van der Waals surface area contributed by atoms with Crippen molar-refractivity contribution in [1.82, 2.24) is 10.9 Å². The van der Waals surface area contributed by atoms with Crippen LogP contribution < -0.4 is 39.3 Å². The molecule has 0 aliphatic heterocycles. The summed E-state index contributed by atoms with van der Waals surface area (Å²) in [5.74, 6) is 2.00. The Morgan fingerprint density at radius 2 is 0.500 bits per heavy atom. The second-order valence-electron chi connectivity index (χ2n) is 18.1. The Bertz CT molecular complexity index is 1330. The van der Waals surface area contributed by atoms with Crippen LogP contribution in [-0.4, -0.2) is 51.5 Å². The topological polar surface area (TPSA) is 114 Å². The number of hydrazine groups is 1. The summed E-state index contributed by atoms with van der Waals surface area (Å²) in [6.45, 7) is 16.3. The minimum atomic E-state index is -0.495. The summed E-state index contributed by atoms with van der Waals surface area (Å²) in [6, 6.07) is 6.84. The van der Waals surface area contributed by atoms with Crippen LogP contribution in [0.3, 0.4) is 0 Å². The SMILES string of the molecule is CCCCCCCOc1cc(C(=O)NNC(=O)c2cc(OCCCCCCC)c(OCCCCCCC)c(OCCCCCCC)c2)cc(OCCCCCCC)c1OCCCCCCC. The van der Waals surface area contributed by atoms with E-state index in [0.717, 1.165) is 103 Å². The van der Waals surface area contributed by atoms with E-state index in [1.165, 1.54) is 89.9 Å². The number of hydrogen-bond donors (Lipinski definition) is 2. The number of unbranched alkanes of at least 4 members (excludes halogenated alkanes) is 24. The molecule has 2 aromatic carbocycles. The van der Waals surface area contributed by atoms with Crippen LogP contribution in [0.1, 0.15) is 255 Å². The molecule has 0 saturated carbocycles. The van der Waals surface area contributed by atoms with E-state index in [0.29, 0.717) is 85.3 Å². The van der Waals surface area contributed by atoms with E-state index in [2.05, 4.69) is 52.4 Å². The van der Waals surface area contributed by atoms with E-state index in [1.807, 2.05) is 0 Å². The predicted molar refractivity (Wildman–Crippen MR) is 273 cm³/mol. The maximum atomic E-state index is 14.0. The molecular formula is C56H96N2O8. The molecule has 378 valence electrons. The van der Waals surface area contributed by atoms with Gasteiger partial charge in [-0.2, -0.15) is 0 Å². The summed E-state index contributed by atoms with van der Waals surface area (Å²) < 4.78 is 38.4. The number of amides is 2. The number of rotatable bonds is 44. The first-order valence-corrected chi connectivity index (χ1v) is 27.2. The Balaban J connectivity index is 2.42. The molecule has 0 saturated heterocycles. The highest BCUT2D eigenvalue weighted by atomic mass is 16.5. The van der Waals surface area contributed by atoms with Crippen LogP contribution in [0.15, 0.2) is 24.3 Å². The summed E-state index contributed by atoms with van der Waals surface area (Å²) >= 11 is 0. The fourth-order valence-corrected chi connectivity index (χ4v) is 7.70. The molecule has 0 bridgehead atoms. The molecule has 0 atom stereocenters. The molecule has 66 heavy (non-hydrogen) atoms. The minimum absolute atomic E-state index is 0.300. The summed E-state index contributed by atoms with van der Waals surface area (Å²) in [5.41, 5.74) is 5.95. The van der Waals surface area contributed by atoms with Crippen LogP contribution in [-0.2, 0) is 0 Å². The van der Waals surface area contributed by atoms with Gasteiger partial charge in [-0.05, 0) is 62.8 Å². The van der Waals surface area contributed by atoms with Crippen LogP contribution in [0.5, 0.6) is 34.5 Å². The average Bonchev–Trinajstić information content (AvgIpc) is 3.32. The van der Waals surface area contributed by atoms with Gasteiger partial charge in [-0.15, -0.1) is 0 Å². The standard InChI is InChI=1S/C56H96N2O8/c1-7-13-19-25-31-37-61-49-43-47(44-50(62-38-32-26-20-14-8-2)53(49)65-41-35-29-23-17-11-5)55(59)57-58-56(60)48-45-51(63-39-33-27-21-15-9-3)54(66-42-36-30-24-18-12-6)52(46-48)64-40-34-28-22-16-10-4/h43-46H,7-42H2,1-6H3,(H,57,59)(H,58,60). The number of nitrogens with one attached hydrogen (secondary N) is 2. The molecule has 2 rings (SSSR count). The number of carbonyl (C=O) groups excluding carboxylic acids is 2. The van der Waals surface area contributed by atoms with Gasteiger partial charge in [0.05, 0.1) is 39.6 Å². The van der Waals surface area contributed by atoms with Crippen molar-refractivity contribution < 1.29 is 38.0 Å². The molecule has 0 aromatic heterocycles. The van der Waals surface area contributed by atoms with E-state index in [9.17, 15) is 9.59 Å². The lowest BCUT2D eigenvalue weighted by molar-refractivity contribution is 0.0845. The Kier molecular flexibility index (Phi) is 35.6. The smallest absolute Gasteiger partial charge is 0.269 e. The lowest BCUT2D eigenvalue weighted by Gasteiger charge is -2.20. The monoisotopic (exact) mass is 925 g/mol. The fraction of sp³-hybridized carbons (Fsp3) is 0.750. The quantitative estimate of drug-likeness (QED) is 0.0499. The summed E-state index contributed by atoms with van der Waals surface area (Å²) in [4.78, 5) is 28.0. The molecule has 2 amide bonds. The van der Waals surface area contributed by atoms with Crippen LogP contribution >= 0.6 is 0 Å². The van der Waals surface area contributed by atoms with Crippen molar-refractivity contribution in [2.45, 2.75) is 234 Å². The van der Waals surface area contributed by atoms with E-state index in [1.54, 1.807) is 24.3 Å². The van der Waals surface area contributed by atoms with Gasteiger partial charge in [-0.1, -0.05) is 196 Å². The van der Waals surface area contributed by atoms with E-state index < -0.39 is 11.8 Å². The molecule has 2 aromatic rings. The van der Waals surface area contributed by atoms with Gasteiger partial charge in [0, 0.05) is 11.1 Å². The van der Waals surface area contributed by atoms with Gasteiger partial charge in [-0.3, -0.25) is 20.4 Å². The average molecular weight is 925 g/mol. The molecule has 10 nitrogen and oxygen atoms in total. The third kappa shape index (κ3) is 26.5. The van der Waals surface area contributed by atoms with Crippen molar-refractivity contribution in [1.29, 1.82) is 0 Å². The molecular weight excluding hydrogens is 829 g/mol. The van der Waals surface area contributed by atoms with Crippen LogP contribution in [0.2, 0.25) is 0 Å². The molecule has 0 heterocycles. The first kappa shape index (κ1) is 58.3. The van der Waals surface area contributed by atoms with Gasteiger partial charge in [0.1, 0.15) is 0 Å². The van der Waals surface area contributed by atoms with Gasteiger partial charge in [0.25, 0.3) is 11.8 Å². The van der Waals surface area contributed by atoms with Crippen molar-refractivity contribution in [3.05, 3.63) is 35.4 Å². The van der Waals surface area contributed by atoms with Crippen molar-refractivity contribution in [2.24, 2.45) is 0 Å². The minimum Gasteiger partial charge on any atom is -0.490 e. The zero-order valence-electron chi connectivity index (χ0n) is 43.0. The second-order valence-corrected chi connectivity index (χ2v) is 18.1. The number of ether oxygens (including phenoxy) is 6. The van der Waals surface area contributed by atoms with Crippen molar-refractivity contribution in [2.75, 3.05) is 39.6 Å². The molecule has 0 unspecified atom stereocenters. The Hall–Kier alpha value is -3.82. The molecule has 2 N–H and O–H groups in total. The number of hydrogen-bond acceptors (Lipinski definition) is 8. The molecule has 0 fully saturated rings. The predicted octanol–water partition coefficient (Wildman–Crippen LogP) is 15.9. The normalized spacial score (nSPS) is 11.1. The maximum absolute atomic E-state index is 14.0. The van der Waals surface area contributed by atoms with Gasteiger partial charge in [0.2, 0.25) is 11.5 Å². The van der Waals surface area contributed by atoms with Crippen molar-refractivity contribution in [3.63, 3.8) is 0 Å². The molecule has 0 radical (unpaired) electrons. The van der Waals surface area contributed by atoms with Gasteiger partial charge in [0.15, 0.2) is 23.0 Å². The third-order valence-electron chi connectivity index (χ3n) is 11.9. The van der Waals surface area contributed by atoms with Crippen LogP contribution in [0.4, 0.5) is 0 Å². The van der Waals surface area contributed by atoms with Crippen molar-refractivity contribution >= 4 is 11.8 Å².